The first-order valence-electron chi connectivity index (χ1n) is 8.45. The van der Waals surface area contributed by atoms with Crippen molar-refractivity contribution in [2.45, 2.75) is 25.8 Å². The molecule has 0 saturated carbocycles. The number of hydrogen-bond acceptors (Lipinski definition) is 5. The fourth-order valence-electron chi connectivity index (χ4n) is 3.41. The molecule has 2 aromatic rings. The van der Waals surface area contributed by atoms with E-state index in [1.165, 1.54) is 0 Å². The highest BCUT2D eigenvalue weighted by atomic mass is 32.1. The molecule has 1 N–H and O–H groups in total. The number of aromatic nitrogens is 2. The molecule has 7 nitrogen and oxygen atoms in total. The van der Waals surface area contributed by atoms with Crippen LogP contribution in [0.4, 0.5) is 0 Å². The van der Waals surface area contributed by atoms with Crippen molar-refractivity contribution in [3.05, 3.63) is 23.0 Å². The first kappa shape index (κ1) is 15.6. The van der Waals surface area contributed by atoms with Crippen LogP contribution in [0.2, 0.25) is 0 Å². The number of fused-ring (bicyclic) bond motifs is 1. The third kappa shape index (κ3) is 2.91. The first-order valence-corrected chi connectivity index (χ1v) is 9.33. The Morgan fingerprint density at radius 3 is 2.92 bits per heavy atom. The van der Waals surface area contributed by atoms with E-state index in [2.05, 4.69) is 15.2 Å². The Balaban J connectivity index is 1.62. The summed E-state index contributed by atoms with van der Waals surface area (Å²) < 4.78 is 2.02. The Morgan fingerprint density at radius 2 is 2.08 bits per heavy atom. The van der Waals surface area contributed by atoms with Gasteiger partial charge in [-0.1, -0.05) is 0 Å². The van der Waals surface area contributed by atoms with Crippen LogP contribution in [0, 0.1) is 0 Å². The molecule has 4 heterocycles. The third-order valence-corrected chi connectivity index (χ3v) is 5.49. The van der Waals surface area contributed by atoms with E-state index in [0.29, 0.717) is 31.7 Å². The normalized spacial score (nSPS) is 19.7. The van der Waals surface area contributed by atoms with Crippen molar-refractivity contribution < 1.29 is 9.59 Å². The number of carbonyl (C=O) groups excluding carboxylic acids is 2. The molecule has 24 heavy (non-hydrogen) atoms. The molecule has 2 amide bonds. The van der Waals surface area contributed by atoms with E-state index in [1.54, 1.807) is 11.3 Å². The maximum Gasteiger partial charge on any atom is 0.274 e. The third-order valence-electron chi connectivity index (χ3n) is 4.74. The summed E-state index contributed by atoms with van der Waals surface area (Å²) >= 11 is 1.54. The number of nitrogens with one attached hydrogen (secondary N) is 1. The van der Waals surface area contributed by atoms with Crippen LogP contribution in [-0.2, 0) is 11.3 Å². The van der Waals surface area contributed by atoms with E-state index in [0.717, 1.165) is 43.1 Å². The van der Waals surface area contributed by atoms with Crippen LogP contribution < -0.4 is 5.32 Å². The van der Waals surface area contributed by atoms with Crippen molar-refractivity contribution in [2.24, 2.45) is 0 Å². The van der Waals surface area contributed by atoms with Gasteiger partial charge in [-0.05, 0) is 12.8 Å². The van der Waals surface area contributed by atoms with E-state index in [-0.39, 0.29) is 11.8 Å². The van der Waals surface area contributed by atoms with E-state index in [1.807, 2.05) is 20.9 Å². The topological polar surface area (TPSA) is 70.0 Å². The zero-order valence-corrected chi connectivity index (χ0v) is 14.3. The Morgan fingerprint density at radius 1 is 1.25 bits per heavy atom. The molecule has 8 heteroatoms. The summed E-state index contributed by atoms with van der Waals surface area (Å²) in [6.45, 7) is 4.44. The summed E-state index contributed by atoms with van der Waals surface area (Å²) in [5.74, 6) is 0.141. The van der Waals surface area contributed by atoms with Crippen molar-refractivity contribution in [1.29, 1.82) is 0 Å². The average Bonchev–Trinajstić information content (AvgIpc) is 3.27. The fourth-order valence-corrected chi connectivity index (χ4v) is 4.14. The fraction of sp³-hybridized carbons (Fsp3) is 0.562. The lowest BCUT2D eigenvalue weighted by Crippen LogP contribution is -2.32. The molecule has 2 fully saturated rings. The Labute approximate surface area is 144 Å². The number of likely N-dealkylation sites (tertiary alicyclic amines) is 1. The number of thiazole rings is 1. The second-order valence-electron chi connectivity index (χ2n) is 6.34. The number of amides is 2. The monoisotopic (exact) mass is 347 g/mol. The lowest BCUT2D eigenvalue weighted by Gasteiger charge is -2.20. The van der Waals surface area contributed by atoms with Crippen molar-refractivity contribution in [1.82, 2.24) is 24.5 Å². The highest BCUT2D eigenvalue weighted by Crippen LogP contribution is 2.22. The molecule has 4 rings (SSSR count). The average molecular weight is 347 g/mol. The maximum absolute atomic E-state index is 12.9. The van der Waals surface area contributed by atoms with Gasteiger partial charge in [-0.2, -0.15) is 0 Å². The minimum absolute atomic E-state index is 0.0439. The van der Waals surface area contributed by atoms with Gasteiger partial charge in [-0.3, -0.25) is 18.9 Å². The molecule has 2 saturated heterocycles. The molecule has 0 aromatic carbocycles. The predicted octanol–water partition coefficient (Wildman–Crippen LogP) is 0.954. The molecule has 0 radical (unpaired) electrons. The first-order chi connectivity index (χ1) is 11.7. The molecule has 0 bridgehead atoms. The van der Waals surface area contributed by atoms with E-state index in [4.69, 9.17) is 0 Å². The number of nitrogens with zero attached hydrogens (tertiary/aromatic N) is 4. The SMILES string of the molecule is O=C1CCN(Cc2c(C(=O)N3CCCC3)nc3sccn23)CCN1. The molecule has 0 aliphatic carbocycles. The van der Waals surface area contributed by atoms with E-state index in [9.17, 15) is 9.59 Å². The molecular weight excluding hydrogens is 326 g/mol. The maximum atomic E-state index is 12.9. The van der Waals surface area contributed by atoms with Gasteiger partial charge in [0.15, 0.2) is 10.7 Å². The summed E-state index contributed by atoms with van der Waals surface area (Å²) in [6, 6.07) is 0. The van der Waals surface area contributed by atoms with Crippen LogP contribution in [-0.4, -0.2) is 63.7 Å². The number of rotatable bonds is 3. The molecular formula is C16H21N5O2S. The molecule has 0 unspecified atom stereocenters. The lowest BCUT2D eigenvalue weighted by atomic mass is 10.2. The minimum Gasteiger partial charge on any atom is -0.355 e. The zero-order chi connectivity index (χ0) is 16.5. The van der Waals surface area contributed by atoms with Crippen LogP contribution in [0.1, 0.15) is 35.4 Å². The Hall–Kier alpha value is -1.93. The second kappa shape index (κ2) is 6.52. The second-order valence-corrected chi connectivity index (χ2v) is 7.21. The standard InChI is InChI=1S/C16H21N5O2S/c22-13-3-7-19(8-4-17-13)11-12-14(15(23)20-5-1-2-6-20)18-16-21(12)9-10-24-16/h9-10H,1-8,11H2,(H,17,22). The van der Waals surface area contributed by atoms with Gasteiger partial charge in [-0.25, -0.2) is 4.98 Å². The lowest BCUT2D eigenvalue weighted by molar-refractivity contribution is -0.120. The summed E-state index contributed by atoms with van der Waals surface area (Å²) in [7, 11) is 0. The number of hydrogen-bond donors (Lipinski definition) is 1. The van der Waals surface area contributed by atoms with Crippen molar-refractivity contribution in [3.8, 4) is 0 Å². The molecule has 2 aliphatic rings. The predicted molar refractivity (Wildman–Crippen MR) is 91.1 cm³/mol. The van der Waals surface area contributed by atoms with Crippen LogP contribution in [0.3, 0.4) is 0 Å². The van der Waals surface area contributed by atoms with Crippen LogP contribution in [0.15, 0.2) is 11.6 Å². The molecule has 0 atom stereocenters. The Kier molecular flexibility index (Phi) is 4.24. The Bertz CT molecular complexity index is 762. The number of imidazole rings is 1. The largest absolute Gasteiger partial charge is 0.355 e. The van der Waals surface area contributed by atoms with Crippen molar-refractivity contribution >= 4 is 28.1 Å². The van der Waals surface area contributed by atoms with Gasteiger partial charge in [0, 0.05) is 57.3 Å². The van der Waals surface area contributed by atoms with Gasteiger partial charge in [-0.15, -0.1) is 11.3 Å². The van der Waals surface area contributed by atoms with Crippen LogP contribution in [0.5, 0.6) is 0 Å². The van der Waals surface area contributed by atoms with Gasteiger partial charge in [0.2, 0.25) is 5.91 Å². The van der Waals surface area contributed by atoms with Gasteiger partial charge < -0.3 is 10.2 Å². The van der Waals surface area contributed by atoms with Crippen molar-refractivity contribution in [3.63, 3.8) is 0 Å². The highest BCUT2D eigenvalue weighted by Gasteiger charge is 2.27. The van der Waals surface area contributed by atoms with Gasteiger partial charge in [0.05, 0.1) is 5.69 Å². The van der Waals surface area contributed by atoms with E-state index < -0.39 is 0 Å². The quantitative estimate of drug-likeness (QED) is 0.898. The summed E-state index contributed by atoms with van der Waals surface area (Å²) in [6.07, 6.45) is 4.62. The minimum atomic E-state index is 0.0439. The summed E-state index contributed by atoms with van der Waals surface area (Å²) in [5, 5.41) is 4.88. The number of carbonyl (C=O) groups is 2. The molecule has 0 spiro atoms. The van der Waals surface area contributed by atoms with Gasteiger partial charge >= 0.3 is 0 Å². The summed E-state index contributed by atoms with van der Waals surface area (Å²) in [5.41, 5.74) is 1.52. The van der Waals surface area contributed by atoms with Crippen molar-refractivity contribution in [2.75, 3.05) is 32.7 Å². The van der Waals surface area contributed by atoms with Gasteiger partial charge in [0.1, 0.15) is 0 Å². The molecule has 2 aromatic heterocycles. The van der Waals surface area contributed by atoms with E-state index >= 15 is 0 Å². The zero-order valence-electron chi connectivity index (χ0n) is 13.5. The molecule has 2 aliphatic heterocycles. The molecule has 128 valence electrons. The summed E-state index contributed by atoms with van der Waals surface area (Å²) in [4.78, 5) is 34.0. The highest BCUT2D eigenvalue weighted by molar-refractivity contribution is 7.15. The van der Waals surface area contributed by atoms with Crippen LogP contribution >= 0.6 is 11.3 Å². The smallest absolute Gasteiger partial charge is 0.274 e. The van der Waals surface area contributed by atoms with Crippen LogP contribution in [0.25, 0.3) is 4.96 Å². The van der Waals surface area contributed by atoms with Gasteiger partial charge in [0.25, 0.3) is 5.91 Å².